The number of benzene rings is 1. The average molecular weight is 395 g/mol. The predicted octanol–water partition coefficient (Wildman–Crippen LogP) is 4.05. The molecule has 0 bridgehead atoms. The molecule has 3 rings (SSSR count). The van der Waals surface area contributed by atoms with E-state index in [4.69, 9.17) is 0 Å². The quantitative estimate of drug-likeness (QED) is 0.803. The summed E-state index contributed by atoms with van der Waals surface area (Å²) in [7, 11) is 0. The Hall–Kier alpha value is -2.89. The number of hydrogen-bond donors (Lipinski definition) is 1. The van der Waals surface area contributed by atoms with Gasteiger partial charge in [0.15, 0.2) is 0 Å². The minimum Gasteiger partial charge on any atom is -0.372 e. The van der Waals surface area contributed by atoms with Crippen molar-refractivity contribution in [1.82, 2.24) is 9.88 Å². The summed E-state index contributed by atoms with van der Waals surface area (Å²) >= 11 is 0. The molecule has 0 aliphatic carbocycles. The number of pyridine rings is 1. The summed E-state index contributed by atoms with van der Waals surface area (Å²) in [6.45, 7) is 9.79. The molecule has 2 heterocycles. The maximum atomic E-state index is 12.8. The van der Waals surface area contributed by atoms with Gasteiger partial charge in [0.25, 0.3) is 11.8 Å². The van der Waals surface area contributed by atoms with Gasteiger partial charge in [0.1, 0.15) is 5.69 Å². The number of nitrogens with one attached hydrogen (secondary N) is 1. The second-order valence-electron chi connectivity index (χ2n) is 7.60. The number of piperidine rings is 1. The summed E-state index contributed by atoms with van der Waals surface area (Å²) in [6.07, 6.45) is 3.70. The van der Waals surface area contributed by atoms with Crippen LogP contribution in [0.15, 0.2) is 42.6 Å². The molecule has 1 aliphatic heterocycles. The average Bonchev–Trinajstić information content (AvgIpc) is 2.75. The van der Waals surface area contributed by atoms with Crippen LogP contribution in [-0.4, -0.2) is 47.9 Å². The Morgan fingerprint density at radius 2 is 1.90 bits per heavy atom. The molecule has 1 atom stereocenters. The van der Waals surface area contributed by atoms with E-state index in [0.29, 0.717) is 17.2 Å². The van der Waals surface area contributed by atoms with Crippen LogP contribution >= 0.6 is 0 Å². The van der Waals surface area contributed by atoms with Crippen LogP contribution in [0.25, 0.3) is 0 Å². The highest BCUT2D eigenvalue weighted by atomic mass is 16.2. The lowest BCUT2D eigenvalue weighted by atomic mass is 9.99. The van der Waals surface area contributed by atoms with Crippen LogP contribution in [0.3, 0.4) is 0 Å². The fourth-order valence-corrected chi connectivity index (χ4v) is 3.78. The van der Waals surface area contributed by atoms with Crippen molar-refractivity contribution >= 4 is 23.2 Å². The molecule has 29 heavy (non-hydrogen) atoms. The van der Waals surface area contributed by atoms with Crippen molar-refractivity contribution in [2.24, 2.45) is 5.92 Å². The molecule has 154 valence electrons. The normalized spacial score (nSPS) is 16.4. The van der Waals surface area contributed by atoms with Crippen LogP contribution in [0.2, 0.25) is 0 Å². The topological polar surface area (TPSA) is 65.5 Å². The summed E-state index contributed by atoms with van der Waals surface area (Å²) in [5, 5.41) is 2.87. The zero-order valence-electron chi connectivity index (χ0n) is 17.5. The SMILES string of the molecule is CCN(CC)c1ccc(NC(=O)c2cc(C(=O)N3CCCC(C)C3)ccn2)cc1. The first kappa shape index (κ1) is 20.8. The highest BCUT2D eigenvalue weighted by Crippen LogP contribution is 2.20. The van der Waals surface area contributed by atoms with Gasteiger partial charge in [-0.2, -0.15) is 0 Å². The minimum atomic E-state index is -0.317. The zero-order chi connectivity index (χ0) is 20.8. The van der Waals surface area contributed by atoms with Crippen molar-refractivity contribution in [3.8, 4) is 0 Å². The first-order valence-electron chi connectivity index (χ1n) is 10.4. The number of carbonyl (C=O) groups excluding carboxylic acids is 2. The molecule has 2 amide bonds. The fraction of sp³-hybridized carbons (Fsp3) is 0.435. The van der Waals surface area contributed by atoms with Gasteiger partial charge in [-0.05, 0) is 69.0 Å². The van der Waals surface area contributed by atoms with Crippen LogP contribution in [0.4, 0.5) is 11.4 Å². The molecule has 0 saturated carbocycles. The van der Waals surface area contributed by atoms with Crippen LogP contribution in [-0.2, 0) is 0 Å². The summed E-state index contributed by atoms with van der Waals surface area (Å²) in [6, 6.07) is 11.0. The largest absolute Gasteiger partial charge is 0.372 e. The number of rotatable bonds is 6. The summed E-state index contributed by atoms with van der Waals surface area (Å²) < 4.78 is 0. The van der Waals surface area contributed by atoms with E-state index in [9.17, 15) is 9.59 Å². The molecule has 6 nitrogen and oxygen atoms in total. The third-order valence-corrected chi connectivity index (χ3v) is 5.44. The van der Waals surface area contributed by atoms with E-state index in [1.165, 1.54) is 6.20 Å². The predicted molar refractivity (Wildman–Crippen MR) is 116 cm³/mol. The number of aromatic nitrogens is 1. The Labute approximate surface area is 172 Å². The lowest BCUT2D eigenvalue weighted by Crippen LogP contribution is -2.39. The second-order valence-corrected chi connectivity index (χ2v) is 7.60. The van der Waals surface area contributed by atoms with Crippen molar-refractivity contribution < 1.29 is 9.59 Å². The van der Waals surface area contributed by atoms with Crippen molar-refractivity contribution in [2.75, 3.05) is 36.4 Å². The van der Waals surface area contributed by atoms with Crippen LogP contribution in [0.5, 0.6) is 0 Å². The van der Waals surface area contributed by atoms with E-state index < -0.39 is 0 Å². The third-order valence-electron chi connectivity index (χ3n) is 5.44. The molecule has 1 saturated heterocycles. The van der Waals surface area contributed by atoms with Gasteiger partial charge in [-0.3, -0.25) is 14.6 Å². The highest BCUT2D eigenvalue weighted by Gasteiger charge is 2.23. The molecule has 1 N–H and O–H groups in total. The van der Waals surface area contributed by atoms with Gasteiger partial charge in [-0.1, -0.05) is 6.92 Å². The Morgan fingerprint density at radius 1 is 1.17 bits per heavy atom. The van der Waals surface area contributed by atoms with Crippen LogP contribution < -0.4 is 10.2 Å². The number of amides is 2. The van der Waals surface area contributed by atoms with Crippen molar-refractivity contribution in [1.29, 1.82) is 0 Å². The second kappa shape index (κ2) is 9.54. The van der Waals surface area contributed by atoms with Gasteiger partial charge < -0.3 is 15.1 Å². The van der Waals surface area contributed by atoms with Gasteiger partial charge in [-0.15, -0.1) is 0 Å². The summed E-state index contributed by atoms with van der Waals surface area (Å²) in [5.41, 5.74) is 2.58. The number of nitrogens with zero attached hydrogens (tertiary/aromatic N) is 3. The molecule has 1 unspecified atom stereocenters. The van der Waals surface area contributed by atoms with Gasteiger partial charge in [0, 0.05) is 49.3 Å². The van der Waals surface area contributed by atoms with Gasteiger partial charge >= 0.3 is 0 Å². The number of anilines is 2. The lowest BCUT2D eigenvalue weighted by Gasteiger charge is -2.31. The van der Waals surface area contributed by atoms with Crippen LogP contribution in [0.1, 0.15) is 54.5 Å². The smallest absolute Gasteiger partial charge is 0.274 e. The maximum Gasteiger partial charge on any atom is 0.274 e. The van der Waals surface area contributed by atoms with E-state index in [1.54, 1.807) is 12.1 Å². The summed E-state index contributed by atoms with van der Waals surface area (Å²) in [4.78, 5) is 33.7. The Bertz CT molecular complexity index is 846. The van der Waals surface area contributed by atoms with Crippen molar-refractivity contribution in [3.63, 3.8) is 0 Å². The van der Waals surface area contributed by atoms with Crippen molar-refractivity contribution in [3.05, 3.63) is 53.9 Å². The van der Waals surface area contributed by atoms with Crippen LogP contribution in [0, 0.1) is 5.92 Å². The molecule has 1 aromatic heterocycles. The highest BCUT2D eigenvalue weighted by molar-refractivity contribution is 6.04. The monoisotopic (exact) mass is 394 g/mol. The van der Waals surface area contributed by atoms with Gasteiger partial charge in [0.2, 0.25) is 0 Å². The van der Waals surface area contributed by atoms with E-state index in [2.05, 4.69) is 36.0 Å². The maximum absolute atomic E-state index is 12.8. The molecule has 1 aromatic carbocycles. The third kappa shape index (κ3) is 5.13. The molecule has 2 aromatic rings. The Kier molecular flexibility index (Phi) is 6.86. The molecular weight excluding hydrogens is 364 g/mol. The lowest BCUT2D eigenvalue weighted by molar-refractivity contribution is 0.0683. The standard InChI is InChI=1S/C23H30N4O2/c1-4-26(5-2)20-10-8-19(9-11-20)25-22(28)21-15-18(12-13-24-21)23(29)27-14-6-7-17(3)16-27/h8-13,15,17H,4-7,14,16H2,1-3H3,(H,25,28). The van der Waals surface area contributed by atoms with Crippen molar-refractivity contribution in [2.45, 2.75) is 33.6 Å². The molecule has 0 radical (unpaired) electrons. The molecule has 0 spiro atoms. The first-order valence-corrected chi connectivity index (χ1v) is 10.4. The number of hydrogen-bond acceptors (Lipinski definition) is 4. The van der Waals surface area contributed by atoms with Gasteiger partial charge in [-0.25, -0.2) is 0 Å². The molecular formula is C23H30N4O2. The van der Waals surface area contributed by atoms with E-state index >= 15 is 0 Å². The zero-order valence-corrected chi connectivity index (χ0v) is 17.5. The Balaban J connectivity index is 1.68. The molecule has 1 fully saturated rings. The van der Waals surface area contributed by atoms with Gasteiger partial charge in [0.05, 0.1) is 0 Å². The fourth-order valence-electron chi connectivity index (χ4n) is 3.78. The Morgan fingerprint density at radius 3 is 2.55 bits per heavy atom. The molecule has 1 aliphatic rings. The van der Waals surface area contributed by atoms with E-state index in [0.717, 1.165) is 44.7 Å². The van der Waals surface area contributed by atoms with E-state index in [1.807, 2.05) is 29.2 Å². The first-order chi connectivity index (χ1) is 14.0. The minimum absolute atomic E-state index is 0.0309. The number of likely N-dealkylation sites (tertiary alicyclic amines) is 1. The molecule has 6 heteroatoms. The number of carbonyl (C=O) groups is 2. The summed E-state index contributed by atoms with van der Waals surface area (Å²) in [5.74, 6) is 0.162. The van der Waals surface area contributed by atoms with E-state index in [-0.39, 0.29) is 17.5 Å².